The summed E-state index contributed by atoms with van der Waals surface area (Å²) in [5.41, 5.74) is 6.03. The van der Waals surface area contributed by atoms with Crippen molar-refractivity contribution in [3.63, 3.8) is 0 Å². The van der Waals surface area contributed by atoms with Crippen LogP contribution < -0.4 is 5.73 Å². The largest absolute Gasteiger partial charge is 0.326 e. The van der Waals surface area contributed by atoms with E-state index in [0.29, 0.717) is 0 Å². The van der Waals surface area contributed by atoms with Gasteiger partial charge in [0.1, 0.15) is 0 Å². The van der Waals surface area contributed by atoms with E-state index >= 15 is 0 Å². The standard InChI is InChI=1S/C15H34N2/c1-7-14(8-2)17(12-13(3)4)11-9-10-15(5,6)16/h13-14H,7-12,16H2,1-6H3. The summed E-state index contributed by atoms with van der Waals surface area (Å²) in [6.45, 7) is 15.9. The van der Waals surface area contributed by atoms with Crippen molar-refractivity contribution >= 4 is 0 Å². The summed E-state index contributed by atoms with van der Waals surface area (Å²) >= 11 is 0. The second-order valence-corrected chi connectivity index (χ2v) is 6.45. The van der Waals surface area contributed by atoms with Crippen LogP contribution in [0.5, 0.6) is 0 Å². The Kier molecular flexibility index (Phi) is 8.06. The summed E-state index contributed by atoms with van der Waals surface area (Å²) in [4.78, 5) is 2.66. The van der Waals surface area contributed by atoms with E-state index in [1.807, 2.05) is 0 Å². The zero-order chi connectivity index (χ0) is 13.5. The topological polar surface area (TPSA) is 29.3 Å². The molecule has 0 aromatic carbocycles. The Hall–Kier alpha value is -0.0800. The third-order valence-corrected chi connectivity index (χ3v) is 3.32. The van der Waals surface area contributed by atoms with Crippen LogP contribution in [-0.2, 0) is 0 Å². The lowest BCUT2D eigenvalue weighted by atomic mass is 9.99. The molecule has 0 aliphatic heterocycles. The molecule has 0 radical (unpaired) electrons. The molecule has 0 atom stereocenters. The van der Waals surface area contributed by atoms with Crippen LogP contribution >= 0.6 is 0 Å². The third kappa shape index (κ3) is 8.62. The van der Waals surface area contributed by atoms with Gasteiger partial charge in [-0.15, -0.1) is 0 Å². The lowest BCUT2D eigenvalue weighted by Gasteiger charge is -2.32. The molecule has 17 heavy (non-hydrogen) atoms. The minimum Gasteiger partial charge on any atom is -0.326 e. The van der Waals surface area contributed by atoms with Gasteiger partial charge < -0.3 is 10.6 Å². The van der Waals surface area contributed by atoms with Crippen LogP contribution in [0.25, 0.3) is 0 Å². The molecule has 2 heteroatoms. The molecule has 0 amide bonds. The van der Waals surface area contributed by atoms with Gasteiger partial charge in [-0.1, -0.05) is 27.7 Å². The smallest absolute Gasteiger partial charge is 0.00975 e. The highest BCUT2D eigenvalue weighted by atomic mass is 15.1. The predicted molar refractivity (Wildman–Crippen MR) is 78.3 cm³/mol. The second-order valence-electron chi connectivity index (χ2n) is 6.45. The molecule has 2 N–H and O–H groups in total. The fraction of sp³-hybridized carbons (Fsp3) is 1.00. The van der Waals surface area contributed by atoms with Crippen LogP contribution in [0.1, 0.15) is 67.2 Å². The molecule has 0 saturated carbocycles. The van der Waals surface area contributed by atoms with E-state index in [1.165, 1.54) is 32.4 Å². The van der Waals surface area contributed by atoms with E-state index in [-0.39, 0.29) is 5.54 Å². The van der Waals surface area contributed by atoms with Gasteiger partial charge in [0.2, 0.25) is 0 Å². The molecule has 0 bridgehead atoms. The molecule has 0 unspecified atom stereocenters. The van der Waals surface area contributed by atoms with Gasteiger partial charge in [0.05, 0.1) is 0 Å². The summed E-state index contributed by atoms with van der Waals surface area (Å²) in [6, 6.07) is 0.748. The fourth-order valence-corrected chi connectivity index (χ4v) is 2.43. The SMILES string of the molecule is CCC(CC)N(CCCC(C)(C)N)CC(C)C. The van der Waals surface area contributed by atoms with Gasteiger partial charge in [0, 0.05) is 18.1 Å². The van der Waals surface area contributed by atoms with Gasteiger partial charge in [0.15, 0.2) is 0 Å². The van der Waals surface area contributed by atoms with Crippen molar-refractivity contribution in [3.05, 3.63) is 0 Å². The molecule has 0 spiro atoms. The van der Waals surface area contributed by atoms with Gasteiger partial charge in [-0.3, -0.25) is 0 Å². The Balaban J connectivity index is 4.19. The number of nitrogens with two attached hydrogens (primary N) is 1. The molecule has 0 aromatic heterocycles. The molecule has 0 fully saturated rings. The number of hydrogen-bond donors (Lipinski definition) is 1. The van der Waals surface area contributed by atoms with E-state index < -0.39 is 0 Å². The molecule has 104 valence electrons. The Bertz CT molecular complexity index is 178. The van der Waals surface area contributed by atoms with Crippen molar-refractivity contribution in [2.75, 3.05) is 13.1 Å². The van der Waals surface area contributed by atoms with E-state index in [9.17, 15) is 0 Å². The Morgan fingerprint density at radius 1 is 1.12 bits per heavy atom. The van der Waals surface area contributed by atoms with E-state index in [0.717, 1.165) is 18.4 Å². The number of hydrogen-bond acceptors (Lipinski definition) is 2. The Morgan fingerprint density at radius 3 is 2.00 bits per heavy atom. The first-order chi connectivity index (χ1) is 7.80. The first-order valence-corrected chi connectivity index (χ1v) is 7.33. The summed E-state index contributed by atoms with van der Waals surface area (Å²) in [5, 5.41) is 0. The highest BCUT2D eigenvalue weighted by molar-refractivity contribution is 4.75. The van der Waals surface area contributed by atoms with E-state index in [4.69, 9.17) is 5.73 Å². The number of rotatable bonds is 9. The summed E-state index contributed by atoms with van der Waals surface area (Å²) in [6.07, 6.45) is 4.85. The molecule has 0 saturated heterocycles. The lowest BCUT2D eigenvalue weighted by molar-refractivity contribution is 0.159. The van der Waals surface area contributed by atoms with Gasteiger partial charge in [-0.25, -0.2) is 0 Å². The quantitative estimate of drug-likeness (QED) is 0.669. The molecular weight excluding hydrogens is 208 g/mol. The highest BCUT2D eigenvalue weighted by Crippen LogP contribution is 2.14. The maximum Gasteiger partial charge on any atom is 0.00975 e. The van der Waals surface area contributed by atoms with Gasteiger partial charge in [-0.2, -0.15) is 0 Å². The van der Waals surface area contributed by atoms with Gasteiger partial charge in [0.25, 0.3) is 0 Å². The van der Waals surface area contributed by atoms with Crippen LogP contribution in [0.4, 0.5) is 0 Å². The van der Waals surface area contributed by atoms with Crippen molar-refractivity contribution in [1.82, 2.24) is 4.90 Å². The van der Waals surface area contributed by atoms with Crippen LogP contribution in [0.2, 0.25) is 0 Å². The second kappa shape index (κ2) is 8.10. The first kappa shape index (κ1) is 16.9. The Morgan fingerprint density at radius 2 is 1.65 bits per heavy atom. The maximum atomic E-state index is 6.05. The minimum atomic E-state index is -0.0164. The monoisotopic (exact) mass is 242 g/mol. The van der Waals surface area contributed by atoms with Crippen LogP contribution in [0.3, 0.4) is 0 Å². The summed E-state index contributed by atoms with van der Waals surface area (Å²) < 4.78 is 0. The van der Waals surface area contributed by atoms with Gasteiger partial charge >= 0.3 is 0 Å². The van der Waals surface area contributed by atoms with E-state index in [2.05, 4.69) is 46.4 Å². The molecule has 2 nitrogen and oxygen atoms in total. The normalized spacial score (nSPS) is 13.1. The molecule has 0 aliphatic rings. The highest BCUT2D eigenvalue weighted by Gasteiger charge is 2.17. The zero-order valence-electron chi connectivity index (χ0n) is 12.9. The summed E-state index contributed by atoms with van der Waals surface area (Å²) in [5.74, 6) is 0.751. The average Bonchev–Trinajstić information content (AvgIpc) is 2.16. The van der Waals surface area contributed by atoms with Crippen molar-refractivity contribution in [2.45, 2.75) is 78.8 Å². The predicted octanol–water partition coefficient (Wildman–Crippen LogP) is 3.65. The van der Waals surface area contributed by atoms with E-state index in [1.54, 1.807) is 0 Å². The van der Waals surface area contributed by atoms with Crippen LogP contribution in [-0.4, -0.2) is 29.6 Å². The summed E-state index contributed by atoms with van der Waals surface area (Å²) in [7, 11) is 0. The van der Waals surface area contributed by atoms with Crippen molar-refractivity contribution in [2.24, 2.45) is 11.7 Å². The fourth-order valence-electron chi connectivity index (χ4n) is 2.43. The average molecular weight is 242 g/mol. The van der Waals surface area contributed by atoms with Crippen molar-refractivity contribution in [1.29, 1.82) is 0 Å². The Labute approximate surface area is 109 Å². The maximum absolute atomic E-state index is 6.05. The van der Waals surface area contributed by atoms with Gasteiger partial charge in [-0.05, 0) is 52.0 Å². The minimum absolute atomic E-state index is 0.0164. The number of nitrogens with zero attached hydrogens (tertiary/aromatic N) is 1. The van der Waals surface area contributed by atoms with Crippen molar-refractivity contribution in [3.8, 4) is 0 Å². The molecule has 0 heterocycles. The lowest BCUT2D eigenvalue weighted by Crippen LogP contribution is -2.39. The van der Waals surface area contributed by atoms with Crippen LogP contribution in [0.15, 0.2) is 0 Å². The van der Waals surface area contributed by atoms with Crippen LogP contribution in [0, 0.1) is 5.92 Å². The zero-order valence-corrected chi connectivity index (χ0v) is 12.9. The molecule has 0 aliphatic carbocycles. The third-order valence-electron chi connectivity index (χ3n) is 3.32. The molecule has 0 aromatic rings. The molecular formula is C15H34N2. The van der Waals surface area contributed by atoms with Crippen molar-refractivity contribution < 1.29 is 0 Å². The molecule has 0 rings (SSSR count). The first-order valence-electron chi connectivity index (χ1n) is 7.33.